The number of piperidine rings is 1. The molecule has 2 fully saturated rings. The third-order valence-electron chi connectivity index (χ3n) is 5.41. The van der Waals surface area contributed by atoms with Crippen molar-refractivity contribution in [3.63, 3.8) is 0 Å². The number of hydrogen-bond acceptors (Lipinski definition) is 5. The fraction of sp³-hybridized carbons (Fsp3) is 0.450. The molecule has 2 saturated heterocycles. The van der Waals surface area contributed by atoms with Crippen molar-refractivity contribution in [3.8, 4) is 0 Å². The summed E-state index contributed by atoms with van der Waals surface area (Å²) in [6, 6.07) is 8.26. The van der Waals surface area contributed by atoms with Crippen LogP contribution in [0.5, 0.6) is 0 Å². The van der Waals surface area contributed by atoms with Gasteiger partial charge in [0, 0.05) is 43.6 Å². The highest BCUT2D eigenvalue weighted by Gasteiger charge is 2.25. The van der Waals surface area contributed by atoms with Gasteiger partial charge in [-0.1, -0.05) is 18.2 Å². The van der Waals surface area contributed by atoms with E-state index in [0.717, 1.165) is 56.8 Å². The Balaban J connectivity index is 0.00000140. The topological polar surface area (TPSA) is 70.2 Å². The summed E-state index contributed by atoms with van der Waals surface area (Å²) in [6.07, 6.45) is 8.16. The van der Waals surface area contributed by atoms with Crippen LogP contribution in [-0.2, 0) is 0 Å². The molecule has 1 aromatic carbocycles. The third kappa shape index (κ3) is 5.13. The van der Waals surface area contributed by atoms with Gasteiger partial charge in [-0.25, -0.2) is 4.98 Å². The van der Waals surface area contributed by atoms with Gasteiger partial charge in [0.25, 0.3) is 5.91 Å². The number of nitrogens with zero attached hydrogens (tertiary/aromatic N) is 3. The van der Waals surface area contributed by atoms with Gasteiger partial charge >= 0.3 is 0 Å². The van der Waals surface area contributed by atoms with Crippen LogP contribution in [-0.4, -0.2) is 48.1 Å². The number of anilines is 1. The second-order valence-corrected chi connectivity index (χ2v) is 7.08. The SMILES string of the molecule is Cl.Cl.O=C(NC1CCN(c2cnccn2)CC1)c1ccccc1C1CCNC1. The third-order valence-corrected chi connectivity index (χ3v) is 5.41. The normalized spacial score (nSPS) is 19.4. The van der Waals surface area contributed by atoms with Crippen LogP contribution in [0, 0.1) is 0 Å². The van der Waals surface area contributed by atoms with E-state index in [4.69, 9.17) is 0 Å². The number of carbonyl (C=O) groups excluding carboxylic acids is 1. The van der Waals surface area contributed by atoms with Crippen LogP contribution in [0.25, 0.3) is 0 Å². The Morgan fingerprint density at radius 1 is 1.11 bits per heavy atom. The van der Waals surface area contributed by atoms with Crippen LogP contribution >= 0.6 is 24.8 Å². The Morgan fingerprint density at radius 3 is 2.57 bits per heavy atom. The van der Waals surface area contributed by atoms with Crippen molar-refractivity contribution in [2.45, 2.75) is 31.2 Å². The van der Waals surface area contributed by atoms with Crippen molar-refractivity contribution in [1.82, 2.24) is 20.6 Å². The van der Waals surface area contributed by atoms with E-state index >= 15 is 0 Å². The first kappa shape index (κ1) is 22.4. The average Bonchev–Trinajstić information content (AvgIpc) is 3.24. The number of nitrogens with one attached hydrogen (secondary N) is 2. The monoisotopic (exact) mass is 423 g/mol. The van der Waals surface area contributed by atoms with Crippen LogP contribution in [0.4, 0.5) is 5.82 Å². The summed E-state index contributed by atoms with van der Waals surface area (Å²) in [4.78, 5) is 23.6. The van der Waals surface area contributed by atoms with E-state index in [9.17, 15) is 4.79 Å². The van der Waals surface area contributed by atoms with Crippen LogP contribution in [0.3, 0.4) is 0 Å². The van der Waals surface area contributed by atoms with Gasteiger partial charge in [-0.15, -0.1) is 24.8 Å². The lowest BCUT2D eigenvalue weighted by Gasteiger charge is -2.33. The Kier molecular flexibility index (Phi) is 8.48. The summed E-state index contributed by atoms with van der Waals surface area (Å²) in [7, 11) is 0. The Morgan fingerprint density at radius 2 is 1.89 bits per heavy atom. The fourth-order valence-electron chi connectivity index (χ4n) is 3.95. The van der Waals surface area contributed by atoms with Crippen molar-refractivity contribution >= 4 is 36.5 Å². The maximum absolute atomic E-state index is 12.9. The maximum Gasteiger partial charge on any atom is 0.251 e. The standard InChI is InChI=1S/C20H25N5O.2ClH/c26-20(18-4-2-1-3-17(18)15-5-8-21-13-15)24-16-6-11-25(12-7-16)19-14-22-9-10-23-19;;/h1-4,9-10,14-16,21H,5-8,11-13H2,(H,24,26);2*1H. The highest BCUT2D eigenvalue weighted by atomic mass is 35.5. The van der Waals surface area contributed by atoms with E-state index < -0.39 is 0 Å². The van der Waals surface area contributed by atoms with Gasteiger partial charge in [-0.05, 0) is 43.4 Å². The molecule has 2 aliphatic rings. The predicted octanol–water partition coefficient (Wildman–Crippen LogP) is 2.80. The zero-order valence-corrected chi connectivity index (χ0v) is 17.3. The molecule has 0 bridgehead atoms. The highest BCUT2D eigenvalue weighted by Crippen LogP contribution is 2.26. The molecule has 1 aromatic heterocycles. The van der Waals surface area contributed by atoms with Gasteiger partial charge in [-0.2, -0.15) is 0 Å². The molecule has 4 rings (SSSR count). The number of rotatable bonds is 4. The number of amides is 1. The second kappa shape index (κ2) is 10.6. The van der Waals surface area contributed by atoms with E-state index in [-0.39, 0.29) is 36.8 Å². The van der Waals surface area contributed by atoms with Crippen LogP contribution in [0.2, 0.25) is 0 Å². The first-order valence-corrected chi connectivity index (χ1v) is 9.43. The Labute approximate surface area is 178 Å². The maximum atomic E-state index is 12.9. The summed E-state index contributed by atoms with van der Waals surface area (Å²) < 4.78 is 0. The molecule has 1 atom stereocenters. The van der Waals surface area contributed by atoms with Gasteiger partial charge in [-0.3, -0.25) is 9.78 Å². The minimum absolute atomic E-state index is 0. The van der Waals surface area contributed by atoms with Crippen molar-refractivity contribution < 1.29 is 4.79 Å². The second-order valence-electron chi connectivity index (χ2n) is 7.08. The van der Waals surface area contributed by atoms with Crippen LogP contribution in [0.1, 0.15) is 41.1 Å². The molecule has 6 nitrogen and oxygen atoms in total. The Hall–Kier alpha value is -1.89. The fourth-order valence-corrected chi connectivity index (χ4v) is 3.95. The minimum Gasteiger partial charge on any atom is -0.355 e. The molecule has 2 aliphatic heterocycles. The van der Waals surface area contributed by atoms with Crippen LogP contribution < -0.4 is 15.5 Å². The van der Waals surface area contributed by atoms with Gasteiger partial charge in [0.2, 0.25) is 0 Å². The molecule has 0 saturated carbocycles. The van der Waals surface area contributed by atoms with Crippen molar-refractivity contribution in [1.29, 1.82) is 0 Å². The summed E-state index contributed by atoms with van der Waals surface area (Å²) in [5, 5.41) is 6.64. The largest absolute Gasteiger partial charge is 0.355 e. The highest BCUT2D eigenvalue weighted by molar-refractivity contribution is 5.96. The molecule has 2 aromatic rings. The number of carbonyl (C=O) groups is 1. The lowest BCUT2D eigenvalue weighted by molar-refractivity contribution is 0.0929. The molecule has 1 unspecified atom stereocenters. The zero-order valence-electron chi connectivity index (χ0n) is 15.7. The molecular weight excluding hydrogens is 397 g/mol. The summed E-state index contributed by atoms with van der Waals surface area (Å²) >= 11 is 0. The number of aromatic nitrogens is 2. The van der Waals surface area contributed by atoms with E-state index in [1.54, 1.807) is 18.6 Å². The van der Waals surface area contributed by atoms with Crippen LogP contribution in [0.15, 0.2) is 42.9 Å². The molecule has 28 heavy (non-hydrogen) atoms. The number of benzene rings is 1. The molecular formula is C20H27Cl2N5O. The van der Waals surface area contributed by atoms with Gasteiger partial charge in [0.05, 0.1) is 6.20 Å². The van der Waals surface area contributed by atoms with Gasteiger partial charge < -0.3 is 15.5 Å². The van der Waals surface area contributed by atoms with E-state index in [2.05, 4.69) is 31.6 Å². The zero-order chi connectivity index (χ0) is 17.8. The van der Waals surface area contributed by atoms with Gasteiger partial charge in [0.15, 0.2) is 0 Å². The molecule has 2 N–H and O–H groups in total. The van der Waals surface area contributed by atoms with Crippen molar-refractivity contribution in [2.24, 2.45) is 0 Å². The smallest absolute Gasteiger partial charge is 0.251 e. The summed E-state index contributed by atoms with van der Waals surface area (Å²) in [5.74, 6) is 1.41. The lowest BCUT2D eigenvalue weighted by Crippen LogP contribution is -2.45. The first-order valence-electron chi connectivity index (χ1n) is 9.43. The average molecular weight is 424 g/mol. The minimum atomic E-state index is 0. The molecule has 0 spiro atoms. The quantitative estimate of drug-likeness (QED) is 0.790. The van der Waals surface area contributed by atoms with Gasteiger partial charge in [0.1, 0.15) is 5.82 Å². The van der Waals surface area contributed by atoms with E-state index in [1.807, 2.05) is 18.2 Å². The number of halogens is 2. The summed E-state index contributed by atoms with van der Waals surface area (Å²) in [6.45, 7) is 3.76. The van der Waals surface area contributed by atoms with Crippen molar-refractivity contribution in [3.05, 3.63) is 54.0 Å². The molecule has 1 amide bonds. The van der Waals surface area contributed by atoms with E-state index in [0.29, 0.717) is 5.92 Å². The molecule has 0 radical (unpaired) electrons. The number of hydrogen-bond donors (Lipinski definition) is 2. The Bertz CT molecular complexity index is 747. The molecule has 0 aliphatic carbocycles. The molecule has 152 valence electrons. The van der Waals surface area contributed by atoms with E-state index in [1.165, 1.54) is 5.56 Å². The lowest BCUT2D eigenvalue weighted by atomic mass is 9.92. The van der Waals surface area contributed by atoms with Crippen molar-refractivity contribution in [2.75, 3.05) is 31.1 Å². The molecule has 3 heterocycles. The predicted molar refractivity (Wildman–Crippen MR) is 116 cm³/mol. The summed E-state index contributed by atoms with van der Waals surface area (Å²) in [5.41, 5.74) is 2.00. The first-order chi connectivity index (χ1) is 12.8. The molecule has 8 heteroatoms.